The summed E-state index contributed by atoms with van der Waals surface area (Å²) in [6.07, 6.45) is 9.59. The predicted molar refractivity (Wildman–Crippen MR) is 127 cm³/mol. The molecule has 1 aliphatic rings. The van der Waals surface area contributed by atoms with Gasteiger partial charge in [-0.1, -0.05) is 30.3 Å². The minimum Gasteiger partial charge on any atom is -0.469 e. The number of guanidine groups is 1. The van der Waals surface area contributed by atoms with Crippen molar-refractivity contribution in [3.05, 3.63) is 78.5 Å². The van der Waals surface area contributed by atoms with Gasteiger partial charge in [0.15, 0.2) is 5.96 Å². The van der Waals surface area contributed by atoms with Crippen LogP contribution in [0.25, 0.3) is 0 Å². The summed E-state index contributed by atoms with van der Waals surface area (Å²) >= 11 is 0. The lowest BCUT2D eigenvalue weighted by molar-refractivity contribution is 0.198. The molecular weight excluding hydrogens is 400 g/mol. The Balaban J connectivity index is 1.24. The molecule has 0 amide bonds. The third-order valence-corrected chi connectivity index (χ3v) is 5.80. The molecule has 0 bridgehead atoms. The summed E-state index contributed by atoms with van der Waals surface area (Å²) in [7, 11) is 0. The van der Waals surface area contributed by atoms with Gasteiger partial charge in [0, 0.05) is 64.1 Å². The van der Waals surface area contributed by atoms with E-state index in [2.05, 4.69) is 51.0 Å². The van der Waals surface area contributed by atoms with Crippen LogP contribution < -0.4 is 10.6 Å². The van der Waals surface area contributed by atoms with Crippen molar-refractivity contribution in [2.24, 2.45) is 4.99 Å². The van der Waals surface area contributed by atoms with E-state index in [1.165, 1.54) is 5.56 Å². The van der Waals surface area contributed by atoms with Gasteiger partial charge in [-0.3, -0.25) is 14.6 Å². The van der Waals surface area contributed by atoms with E-state index in [1.807, 2.05) is 35.3 Å². The van der Waals surface area contributed by atoms with Crippen LogP contribution in [0, 0.1) is 0 Å². The van der Waals surface area contributed by atoms with Crippen molar-refractivity contribution in [2.75, 3.05) is 26.2 Å². The Kier molecular flexibility index (Phi) is 8.37. The second-order valence-corrected chi connectivity index (χ2v) is 8.29. The Labute approximate surface area is 190 Å². The fourth-order valence-electron chi connectivity index (χ4n) is 4.04. The van der Waals surface area contributed by atoms with Gasteiger partial charge in [0.05, 0.1) is 6.26 Å². The molecule has 1 saturated heterocycles. The minimum atomic E-state index is 0.447. The number of likely N-dealkylation sites (tertiary alicyclic amines) is 1. The van der Waals surface area contributed by atoms with Crippen LogP contribution in [-0.4, -0.2) is 52.9 Å². The molecule has 0 saturated carbocycles. The fraction of sp³-hybridized carbons (Fsp3) is 0.440. The number of hydrogen-bond acceptors (Lipinski definition) is 4. The van der Waals surface area contributed by atoms with Crippen LogP contribution in [0.5, 0.6) is 0 Å². The third-order valence-electron chi connectivity index (χ3n) is 5.80. The van der Waals surface area contributed by atoms with Gasteiger partial charge in [-0.15, -0.1) is 0 Å². The molecule has 4 rings (SSSR count). The van der Waals surface area contributed by atoms with Gasteiger partial charge in [0.25, 0.3) is 0 Å². The van der Waals surface area contributed by atoms with Gasteiger partial charge in [-0.05, 0) is 43.0 Å². The van der Waals surface area contributed by atoms with E-state index in [4.69, 9.17) is 9.41 Å². The number of rotatable bonds is 10. The fourth-order valence-corrected chi connectivity index (χ4v) is 4.04. The highest BCUT2D eigenvalue weighted by molar-refractivity contribution is 5.80. The van der Waals surface area contributed by atoms with Gasteiger partial charge in [-0.25, -0.2) is 0 Å². The van der Waals surface area contributed by atoms with Crippen molar-refractivity contribution >= 4 is 5.96 Å². The molecule has 170 valence electrons. The van der Waals surface area contributed by atoms with Crippen LogP contribution in [0.1, 0.15) is 30.6 Å². The van der Waals surface area contributed by atoms with Crippen LogP contribution in [0.3, 0.4) is 0 Å². The summed E-state index contributed by atoms with van der Waals surface area (Å²) in [5.74, 6) is 1.89. The number of nitrogens with one attached hydrogen (secondary N) is 2. The Morgan fingerprint density at radius 3 is 2.72 bits per heavy atom. The number of benzene rings is 1. The summed E-state index contributed by atoms with van der Waals surface area (Å²) in [5, 5.41) is 11.4. The zero-order valence-corrected chi connectivity index (χ0v) is 18.7. The SMILES string of the molecule is c1ccc(CN2CCC(NC(=NCCCn3cccn3)NCCc3ccco3)CC2)cc1. The van der Waals surface area contributed by atoms with Gasteiger partial charge >= 0.3 is 0 Å². The highest BCUT2D eigenvalue weighted by Gasteiger charge is 2.20. The topological polar surface area (TPSA) is 70.6 Å². The maximum absolute atomic E-state index is 5.45. The van der Waals surface area contributed by atoms with Gasteiger partial charge in [0.2, 0.25) is 0 Å². The second kappa shape index (κ2) is 12.1. The molecule has 7 nitrogen and oxygen atoms in total. The number of furan rings is 1. The van der Waals surface area contributed by atoms with E-state index >= 15 is 0 Å². The summed E-state index contributed by atoms with van der Waals surface area (Å²) in [6, 6.07) is 17.1. The molecule has 0 radical (unpaired) electrons. The maximum atomic E-state index is 5.45. The lowest BCUT2D eigenvalue weighted by Gasteiger charge is -2.33. The summed E-state index contributed by atoms with van der Waals surface area (Å²) in [6.45, 7) is 5.68. The quantitative estimate of drug-likeness (QED) is 0.291. The largest absolute Gasteiger partial charge is 0.469 e. The maximum Gasteiger partial charge on any atom is 0.191 e. The molecule has 0 spiro atoms. The van der Waals surface area contributed by atoms with Gasteiger partial charge in [0.1, 0.15) is 5.76 Å². The number of piperidine rings is 1. The first-order chi connectivity index (χ1) is 15.8. The van der Waals surface area contributed by atoms with Crippen molar-refractivity contribution in [1.82, 2.24) is 25.3 Å². The Morgan fingerprint density at radius 1 is 1.09 bits per heavy atom. The summed E-state index contributed by atoms with van der Waals surface area (Å²) < 4.78 is 7.40. The lowest BCUT2D eigenvalue weighted by Crippen LogP contribution is -2.49. The van der Waals surface area contributed by atoms with Crippen molar-refractivity contribution in [2.45, 2.75) is 44.8 Å². The molecule has 1 aromatic carbocycles. The normalized spacial score (nSPS) is 15.7. The first-order valence-electron chi connectivity index (χ1n) is 11.7. The first-order valence-corrected chi connectivity index (χ1v) is 11.7. The predicted octanol–water partition coefficient (Wildman–Crippen LogP) is 3.31. The number of aliphatic imine (C=N–C) groups is 1. The van der Waals surface area contributed by atoms with Crippen LogP contribution in [0.2, 0.25) is 0 Å². The van der Waals surface area contributed by atoms with Crippen LogP contribution in [0.4, 0.5) is 0 Å². The average Bonchev–Trinajstić information content (AvgIpc) is 3.53. The second-order valence-electron chi connectivity index (χ2n) is 8.29. The highest BCUT2D eigenvalue weighted by Crippen LogP contribution is 2.14. The van der Waals surface area contributed by atoms with Crippen LogP contribution >= 0.6 is 0 Å². The Morgan fingerprint density at radius 2 is 1.97 bits per heavy atom. The Bertz CT molecular complexity index is 899. The minimum absolute atomic E-state index is 0.447. The molecule has 3 aromatic rings. The molecule has 3 heterocycles. The third kappa shape index (κ3) is 7.27. The number of hydrogen-bond donors (Lipinski definition) is 2. The highest BCUT2D eigenvalue weighted by atomic mass is 16.3. The molecule has 1 aliphatic heterocycles. The number of nitrogens with zero attached hydrogens (tertiary/aromatic N) is 4. The molecule has 7 heteroatoms. The van der Waals surface area contributed by atoms with Crippen molar-refractivity contribution < 1.29 is 4.42 Å². The standard InChI is InChI=1S/C25H34N6O/c1-2-7-22(8-3-1)21-30-18-11-23(12-19-30)29-25(27-15-10-24-9-4-20-32-24)26-13-5-16-31-17-6-14-28-31/h1-4,6-9,14,17,20,23H,5,10-13,15-16,18-19,21H2,(H2,26,27,29). The van der Waals surface area contributed by atoms with E-state index < -0.39 is 0 Å². The molecule has 2 aromatic heterocycles. The van der Waals surface area contributed by atoms with Gasteiger partial charge < -0.3 is 15.1 Å². The van der Waals surface area contributed by atoms with E-state index in [9.17, 15) is 0 Å². The Hall–Kier alpha value is -3.06. The lowest BCUT2D eigenvalue weighted by atomic mass is 10.0. The van der Waals surface area contributed by atoms with E-state index in [1.54, 1.807) is 6.26 Å². The zero-order valence-electron chi connectivity index (χ0n) is 18.7. The molecule has 0 unspecified atom stereocenters. The molecule has 0 aliphatic carbocycles. The van der Waals surface area contributed by atoms with Crippen molar-refractivity contribution in [1.29, 1.82) is 0 Å². The first kappa shape index (κ1) is 22.1. The van der Waals surface area contributed by atoms with Crippen LogP contribution in [-0.2, 0) is 19.5 Å². The molecule has 1 fully saturated rings. The monoisotopic (exact) mass is 434 g/mol. The molecular formula is C25H34N6O. The van der Waals surface area contributed by atoms with Gasteiger partial charge in [-0.2, -0.15) is 5.10 Å². The van der Waals surface area contributed by atoms with E-state index in [-0.39, 0.29) is 0 Å². The van der Waals surface area contributed by atoms with E-state index in [0.29, 0.717) is 6.04 Å². The van der Waals surface area contributed by atoms with Crippen LogP contribution in [0.15, 0.2) is 76.6 Å². The smallest absolute Gasteiger partial charge is 0.191 e. The zero-order chi connectivity index (χ0) is 21.8. The van der Waals surface area contributed by atoms with E-state index in [0.717, 1.165) is 76.7 Å². The van der Waals surface area contributed by atoms with Crippen molar-refractivity contribution in [3.63, 3.8) is 0 Å². The number of aryl methyl sites for hydroxylation is 1. The molecule has 0 atom stereocenters. The van der Waals surface area contributed by atoms with Crippen molar-refractivity contribution in [3.8, 4) is 0 Å². The summed E-state index contributed by atoms with van der Waals surface area (Å²) in [5.41, 5.74) is 1.39. The number of aromatic nitrogens is 2. The molecule has 2 N–H and O–H groups in total. The summed E-state index contributed by atoms with van der Waals surface area (Å²) in [4.78, 5) is 7.37. The average molecular weight is 435 g/mol. The molecule has 32 heavy (non-hydrogen) atoms.